The molecule has 25 heavy (non-hydrogen) atoms. The van der Waals surface area contributed by atoms with Gasteiger partial charge in [-0.3, -0.25) is 4.79 Å². The first kappa shape index (κ1) is 15.5. The van der Waals surface area contributed by atoms with Crippen molar-refractivity contribution >= 4 is 33.8 Å². The van der Waals surface area contributed by atoms with Gasteiger partial charge in [0.25, 0.3) is 5.56 Å². The average molecular weight is 337 g/mol. The first-order valence-corrected chi connectivity index (χ1v) is 8.18. The van der Waals surface area contributed by atoms with E-state index in [0.717, 1.165) is 43.1 Å². The molecule has 4 rings (SSSR count). The van der Waals surface area contributed by atoms with Crippen LogP contribution < -0.4 is 21.5 Å². The predicted octanol–water partition coefficient (Wildman–Crippen LogP) is 2.09. The molecule has 1 aliphatic rings. The van der Waals surface area contributed by atoms with E-state index in [1.54, 1.807) is 12.3 Å². The van der Waals surface area contributed by atoms with Crippen molar-refractivity contribution in [1.29, 1.82) is 0 Å². The number of nitrogens with zero attached hydrogens (tertiary/aromatic N) is 2. The van der Waals surface area contributed by atoms with Crippen LogP contribution >= 0.6 is 0 Å². The lowest BCUT2D eigenvalue weighted by Crippen LogP contribution is -2.36. The van der Waals surface area contributed by atoms with Crippen LogP contribution in [0.25, 0.3) is 10.8 Å². The Bertz CT molecular complexity index is 946. The van der Waals surface area contributed by atoms with E-state index in [1.807, 2.05) is 30.3 Å². The molecule has 1 aliphatic heterocycles. The molecule has 0 unspecified atom stereocenters. The smallest absolute Gasteiger partial charge is 0.259 e. The number of nitrogens with two attached hydrogens (primary N) is 1. The Balaban J connectivity index is 1.64. The number of fused-ring (bicyclic) bond motifs is 1. The van der Waals surface area contributed by atoms with Crippen LogP contribution in [0.5, 0.6) is 0 Å². The number of nitrogens with one attached hydrogen (secondary N) is 2. The largest absolute Gasteiger partial charge is 0.384 e. The summed E-state index contributed by atoms with van der Waals surface area (Å²) in [4.78, 5) is 21.4. The fourth-order valence-corrected chi connectivity index (χ4v) is 3.04. The number of morpholine rings is 1. The summed E-state index contributed by atoms with van der Waals surface area (Å²) in [6.07, 6.45) is 1.60. The maximum Gasteiger partial charge on any atom is 0.259 e. The molecule has 0 saturated carbocycles. The van der Waals surface area contributed by atoms with Crippen LogP contribution in [0.4, 0.5) is 23.0 Å². The number of hydrogen-bond donors (Lipinski definition) is 3. The first-order valence-electron chi connectivity index (χ1n) is 8.18. The Labute approximate surface area is 144 Å². The number of ether oxygens (including phenoxy) is 1. The van der Waals surface area contributed by atoms with Crippen LogP contribution in [0, 0.1) is 0 Å². The number of rotatable bonds is 3. The van der Waals surface area contributed by atoms with Crippen molar-refractivity contribution in [3.8, 4) is 0 Å². The van der Waals surface area contributed by atoms with Crippen molar-refractivity contribution < 1.29 is 4.74 Å². The Morgan fingerprint density at radius 3 is 2.68 bits per heavy atom. The lowest BCUT2D eigenvalue weighted by Gasteiger charge is -2.28. The van der Waals surface area contributed by atoms with Crippen molar-refractivity contribution in [3.63, 3.8) is 0 Å². The van der Waals surface area contributed by atoms with Gasteiger partial charge in [0.2, 0.25) is 0 Å². The summed E-state index contributed by atoms with van der Waals surface area (Å²) in [5.41, 5.74) is 7.67. The molecule has 0 bridgehead atoms. The zero-order valence-corrected chi connectivity index (χ0v) is 13.7. The van der Waals surface area contributed by atoms with Crippen LogP contribution in [-0.2, 0) is 4.74 Å². The Morgan fingerprint density at radius 2 is 1.92 bits per heavy atom. The van der Waals surface area contributed by atoms with E-state index < -0.39 is 0 Å². The molecule has 0 amide bonds. The molecule has 1 aromatic carbocycles. The summed E-state index contributed by atoms with van der Waals surface area (Å²) in [6.45, 7) is 3.29. The second kappa shape index (κ2) is 6.45. The molecular weight excluding hydrogens is 318 g/mol. The van der Waals surface area contributed by atoms with Crippen molar-refractivity contribution in [1.82, 2.24) is 9.97 Å². The van der Waals surface area contributed by atoms with Gasteiger partial charge >= 0.3 is 0 Å². The molecule has 0 radical (unpaired) electrons. The lowest BCUT2D eigenvalue weighted by atomic mass is 10.2. The SMILES string of the molecule is Nc1cc2cc[nH]c(=O)c2c(Nc2ccc(N3CCOCC3)cc2)n1. The standard InChI is InChI=1S/C18H19N5O2/c19-15-11-12-5-6-20-18(24)16(12)17(22-15)21-13-1-3-14(4-2-13)23-7-9-25-10-8-23/h1-6,11H,7-10H2,(H,20,24)(H3,19,21,22). The molecule has 3 aromatic rings. The molecule has 4 N–H and O–H groups in total. The number of nitrogen functional groups attached to an aromatic ring is 1. The fraction of sp³-hybridized carbons (Fsp3) is 0.222. The van der Waals surface area contributed by atoms with Gasteiger partial charge in [-0.1, -0.05) is 0 Å². The van der Waals surface area contributed by atoms with Gasteiger partial charge in [0.15, 0.2) is 0 Å². The second-order valence-electron chi connectivity index (χ2n) is 5.94. The Hall–Kier alpha value is -3.06. The minimum absolute atomic E-state index is 0.197. The summed E-state index contributed by atoms with van der Waals surface area (Å²) >= 11 is 0. The van der Waals surface area contributed by atoms with Crippen molar-refractivity contribution in [2.45, 2.75) is 0 Å². The number of H-pyrrole nitrogens is 1. The van der Waals surface area contributed by atoms with E-state index in [0.29, 0.717) is 17.0 Å². The van der Waals surface area contributed by atoms with Gasteiger partial charge in [-0.25, -0.2) is 4.98 Å². The fourth-order valence-electron chi connectivity index (χ4n) is 3.04. The van der Waals surface area contributed by atoms with Gasteiger partial charge in [0.05, 0.1) is 18.6 Å². The summed E-state index contributed by atoms with van der Waals surface area (Å²) in [5, 5.41) is 4.45. The quantitative estimate of drug-likeness (QED) is 0.677. The third-order valence-corrected chi connectivity index (χ3v) is 4.28. The number of aromatic amines is 1. The Morgan fingerprint density at radius 1 is 1.16 bits per heavy atom. The molecule has 1 fully saturated rings. The predicted molar refractivity (Wildman–Crippen MR) is 99.5 cm³/mol. The Kier molecular flexibility index (Phi) is 3.99. The third-order valence-electron chi connectivity index (χ3n) is 4.28. The zero-order valence-electron chi connectivity index (χ0n) is 13.7. The monoisotopic (exact) mass is 337 g/mol. The van der Waals surface area contributed by atoms with Gasteiger partial charge < -0.3 is 25.7 Å². The maximum atomic E-state index is 12.2. The highest BCUT2D eigenvalue weighted by atomic mass is 16.5. The van der Waals surface area contributed by atoms with Crippen molar-refractivity contribution in [3.05, 3.63) is 52.9 Å². The number of pyridine rings is 2. The summed E-state index contributed by atoms with van der Waals surface area (Å²) < 4.78 is 5.38. The molecule has 0 spiro atoms. The molecule has 7 heteroatoms. The lowest BCUT2D eigenvalue weighted by molar-refractivity contribution is 0.122. The van der Waals surface area contributed by atoms with Gasteiger partial charge in [-0.15, -0.1) is 0 Å². The molecule has 7 nitrogen and oxygen atoms in total. The van der Waals surface area contributed by atoms with Gasteiger partial charge in [0.1, 0.15) is 11.6 Å². The third kappa shape index (κ3) is 3.14. The molecule has 3 heterocycles. The van der Waals surface area contributed by atoms with Crippen LogP contribution in [0.1, 0.15) is 0 Å². The average Bonchev–Trinajstić information content (AvgIpc) is 2.63. The number of hydrogen-bond acceptors (Lipinski definition) is 6. The normalized spacial score (nSPS) is 14.6. The molecule has 0 atom stereocenters. The van der Waals surface area contributed by atoms with Crippen LogP contribution in [0.2, 0.25) is 0 Å². The van der Waals surface area contributed by atoms with Gasteiger partial charge in [-0.2, -0.15) is 0 Å². The van der Waals surface area contributed by atoms with Gasteiger partial charge in [-0.05, 0) is 41.8 Å². The van der Waals surface area contributed by atoms with Crippen molar-refractivity contribution in [2.24, 2.45) is 0 Å². The molecule has 0 aliphatic carbocycles. The van der Waals surface area contributed by atoms with E-state index in [1.165, 1.54) is 0 Å². The highest BCUT2D eigenvalue weighted by molar-refractivity contribution is 5.94. The molecule has 1 saturated heterocycles. The second-order valence-corrected chi connectivity index (χ2v) is 5.94. The summed E-state index contributed by atoms with van der Waals surface area (Å²) in [7, 11) is 0. The molecular formula is C18H19N5O2. The van der Waals surface area contributed by atoms with E-state index in [9.17, 15) is 4.79 Å². The number of anilines is 4. The van der Waals surface area contributed by atoms with E-state index in [2.05, 4.69) is 20.2 Å². The van der Waals surface area contributed by atoms with Crippen LogP contribution in [0.15, 0.2) is 47.4 Å². The number of aromatic nitrogens is 2. The minimum atomic E-state index is -0.197. The maximum absolute atomic E-state index is 12.2. The topological polar surface area (TPSA) is 96.3 Å². The highest BCUT2D eigenvalue weighted by Gasteiger charge is 2.12. The summed E-state index contributed by atoms with van der Waals surface area (Å²) in [6, 6.07) is 11.5. The van der Waals surface area contributed by atoms with Crippen LogP contribution in [-0.4, -0.2) is 36.3 Å². The van der Waals surface area contributed by atoms with E-state index in [4.69, 9.17) is 10.5 Å². The summed E-state index contributed by atoms with van der Waals surface area (Å²) in [5.74, 6) is 0.821. The van der Waals surface area contributed by atoms with Crippen LogP contribution in [0.3, 0.4) is 0 Å². The highest BCUT2D eigenvalue weighted by Crippen LogP contribution is 2.25. The first-order chi connectivity index (χ1) is 12.2. The minimum Gasteiger partial charge on any atom is -0.384 e. The van der Waals surface area contributed by atoms with Gasteiger partial charge in [0, 0.05) is 30.7 Å². The number of benzene rings is 1. The van der Waals surface area contributed by atoms with E-state index >= 15 is 0 Å². The molecule has 2 aromatic heterocycles. The zero-order chi connectivity index (χ0) is 17.2. The van der Waals surface area contributed by atoms with E-state index in [-0.39, 0.29) is 5.56 Å². The van der Waals surface area contributed by atoms with Crippen molar-refractivity contribution in [2.75, 3.05) is 42.3 Å². The molecule has 128 valence electrons.